The van der Waals surface area contributed by atoms with Gasteiger partial charge in [-0.25, -0.2) is 0 Å². The molecule has 0 aliphatic heterocycles. The van der Waals surface area contributed by atoms with Crippen molar-refractivity contribution in [2.45, 2.75) is 38.1 Å². The summed E-state index contributed by atoms with van der Waals surface area (Å²) >= 11 is 7.78. The first-order valence-corrected chi connectivity index (χ1v) is 11.6. The average molecular weight is 459 g/mol. The third-order valence-corrected chi connectivity index (χ3v) is 5.74. The molecule has 8 heteroatoms. The van der Waals surface area contributed by atoms with Gasteiger partial charge in [0.1, 0.15) is 0 Å². The minimum absolute atomic E-state index is 0.0388. The zero-order valence-electron chi connectivity index (χ0n) is 17.8. The van der Waals surface area contributed by atoms with Crippen molar-refractivity contribution in [3.05, 3.63) is 65.2 Å². The zero-order valence-corrected chi connectivity index (χ0v) is 19.3. The molecule has 6 nitrogen and oxygen atoms in total. The molecule has 0 fully saturated rings. The van der Waals surface area contributed by atoms with Crippen molar-refractivity contribution < 1.29 is 9.53 Å². The third kappa shape index (κ3) is 7.09. The van der Waals surface area contributed by atoms with Crippen LogP contribution in [-0.2, 0) is 16.1 Å². The van der Waals surface area contributed by atoms with Crippen LogP contribution in [0.3, 0.4) is 0 Å². The van der Waals surface area contributed by atoms with Crippen LogP contribution >= 0.6 is 23.4 Å². The largest absolute Gasteiger partial charge is 0.379 e. The quantitative estimate of drug-likeness (QED) is 0.334. The molecule has 0 aliphatic carbocycles. The van der Waals surface area contributed by atoms with Crippen LogP contribution in [0, 0.1) is 0 Å². The molecule has 0 aliphatic rings. The number of ether oxygens (including phenoxy) is 1. The molecule has 0 unspecified atom stereocenters. The van der Waals surface area contributed by atoms with Crippen molar-refractivity contribution in [1.29, 1.82) is 0 Å². The number of benzene rings is 2. The number of nitrogens with zero attached hydrogens (tertiary/aromatic N) is 3. The maximum Gasteiger partial charge on any atom is 0.230 e. The van der Waals surface area contributed by atoms with Gasteiger partial charge in [-0.2, -0.15) is 0 Å². The van der Waals surface area contributed by atoms with E-state index in [2.05, 4.69) is 27.6 Å². The molecule has 0 saturated heterocycles. The van der Waals surface area contributed by atoms with Crippen LogP contribution < -0.4 is 5.32 Å². The second-order valence-electron chi connectivity index (χ2n) is 7.27. The summed E-state index contributed by atoms with van der Waals surface area (Å²) in [5.74, 6) is 0.909. The van der Waals surface area contributed by atoms with E-state index in [0.717, 1.165) is 17.5 Å². The first-order valence-electron chi connectivity index (χ1n) is 10.3. The normalized spacial score (nSPS) is 11.1. The monoisotopic (exact) mass is 458 g/mol. The number of hydrogen-bond donors (Lipinski definition) is 1. The smallest absolute Gasteiger partial charge is 0.230 e. The number of rotatable bonds is 11. The Balaban J connectivity index is 1.68. The summed E-state index contributed by atoms with van der Waals surface area (Å²) in [5.41, 5.74) is 1.93. The molecule has 1 aromatic heterocycles. The Kier molecular flexibility index (Phi) is 8.94. The van der Waals surface area contributed by atoms with Crippen LogP contribution in [0.1, 0.15) is 25.8 Å². The lowest BCUT2D eigenvalue weighted by atomic mass is 10.2. The van der Waals surface area contributed by atoms with Crippen molar-refractivity contribution in [3.63, 3.8) is 0 Å². The van der Waals surface area contributed by atoms with Crippen molar-refractivity contribution in [1.82, 2.24) is 20.1 Å². The van der Waals surface area contributed by atoms with Gasteiger partial charge in [0, 0.05) is 18.7 Å². The topological polar surface area (TPSA) is 69.0 Å². The van der Waals surface area contributed by atoms with E-state index < -0.39 is 0 Å². The fraction of sp³-hybridized carbons (Fsp3) is 0.348. The third-order valence-electron chi connectivity index (χ3n) is 4.44. The van der Waals surface area contributed by atoms with Gasteiger partial charge >= 0.3 is 0 Å². The number of nitrogens with one attached hydrogen (secondary N) is 1. The summed E-state index contributed by atoms with van der Waals surface area (Å²) in [5, 5.41) is 12.9. The molecular weight excluding hydrogens is 432 g/mol. The van der Waals surface area contributed by atoms with Crippen LogP contribution in [0.15, 0.2) is 59.8 Å². The van der Waals surface area contributed by atoms with Gasteiger partial charge in [-0.3, -0.25) is 9.36 Å². The van der Waals surface area contributed by atoms with Gasteiger partial charge in [0.25, 0.3) is 0 Å². The highest BCUT2D eigenvalue weighted by molar-refractivity contribution is 7.99. The van der Waals surface area contributed by atoms with Crippen LogP contribution in [0.2, 0.25) is 5.02 Å². The van der Waals surface area contributed by atoms with Gasteiger partial charge in [0.15, 0.2) is 11.0 Å². The molecule has 2 aromatic carbocycles. The van der Waals surface area contributed by atoms with Crippen LogP contribution in [0.25, 0.3) is 11.4 Å². The Bertz CT molecular complexity index is 979. The number of thioether (sulfide) groups is 1. The van der Waals surface area contributed by atoms with E-state index in [9.17, 15) is 4.79 Å². The Hall–Kier alpha value is -2.35. The molecule has 0 radical (unpaired) electrons. The van der Waals surface area contributed by atoms with Crippen LogP contribution in [0.4, 0.5) is 0 Å². The highest BCUT2D eigenvalue weighted by Crippen LogP contribution is 2.29. The predicted octanol–water partition coefficient (Wildman–Crippen LogP) is 4.67. The van der Waals surface area contributed by atoms with Gasteiger partial charge in [0.05, 0.1) is 23.4 Å². The second kappa shape index (κ2) is 11.9. The van der Waals surface area contributed by atoms with E-state index in [0.29, 0.717) is 35.7 Å². The van der Waals surface area contributed by atoms with E-state index >= 15 is 0 Å². The summed E-state index contributed by atoms with van der Waals surface area (Å²) in [6.45, 7) is 5.81. The number of carbonyl (C=O) groups is 1. The summed E-state index contributed by atoms with van der Waals surface area (Å²) in [6.07, 6.45) is 0.990. The van der Waals surface area contributed by atoms with Crippen molar-refractivity contribution in [3.8, 4) is 11.4 Å². The van der Waals surface area contributed by atoms with E-state index in [1.54, 1.807) is 0 Å². The maximum atomic E-state index is 12.3. The Labute approximate surface area is 192 Å². The van der Waals surface area contributed by atoms with E-state index in [1.807, 2.05) is 60.9 Å². The molecule has 164 valence electrons. The molecule has 3 rings (SSSR count). The van der Waals surface area contributed by atoms with Crippen molar-refractivity contribution >= 4 is 29.3 Å². The summed E-state index contributed by atoms with van der Waals surface area (Å²) in [7, 11) is 0. The van der Waals surface area contributed by atoms with Gasteiger partial charge < -0.3 is 10.1 Å². The lowest BCUT2D eigenvalue weighted by molar-refractivity contribution is -0.118. The summed E-state index contributed by atoms with van der Waals surface area (Å²) in [4.78, 5) is 12.3. The zero-order chi connectivity index (χ0) is 22.1. The number of amides is 1. The van der Waals surface area contributed by atoms with Gasteiger partial charge in [-0.05, 0) is 38.0 Å². The van der Waals surface area contributed by atoms with Crippen LogP contribution in [-0.4, -0.2) is 45.7 Å². The van der Waals surface area contributed by atoms with E-state index in [1.165, 1.54) is 11.8 Å². The van der Waals surface area contributed by atoms with E-state index in [-0.39, 0.29) is 17.8 Å². The lowest BCUT2D eigenvalue weighted by Gasteiger charge is -2.11. The molecule has 1 N–H and O–H groups in total. The first kappa shape index (κ1) is 23.3. The first-order chi connectivity index (χ1) is 15.0. The molecular formula is C23H27ClN4O2S. The number of aromatic nitrogens is 3. The predicted molar refractivity (Wildman–Crippen MR) is 125 cm³/mol. The Morgan fingerprint density at radius 1 is 1.13 bits per heavy atom. The van der Waals surface area contributed by atoms with Gasteiger partial charge in [-0.15, -0.1) is 10.2 Å². The molecule has 0 atom stereocenters. The highest BCUT2D eigenvalue weighted by atomic mass is 35.5. The van der Waals surface area contributed by atoms with Gasteiger partial charge in [0.2, 0.25) is 5.91 Å². The minimum atomic E-state index is -0.0388. The molecule has 3 aromatic rings. The SMILES string of the molecule is CC(C)OCCCNC(=O)CSc1nnc(-c2ccccc2Cl)n1Cc1ccccc1. The van der Waals surface area contributed by atoms with E-state index in [4.69, 9.17) is 16.3 Å². The fourth-order valence-electron chi connectivity index (χ4n) is 2.95. The molecule has 31 heavy (non-hydrogen) atoms. The maximum absolute atomic E-state index is 12.3. The Morgan fingerprint density at radius 3 is 2.61 bits per heavy atom. The number of halogens is 1. The van der Waals surface area contributed by atoms with Crippen molar-refractivity contribution in [2.75, 3.05) is 18.9 Å². The second-order valence-corrected chi connectivity index (χ2v) is 8.62. The molecule has 1 heterocycles. The standard InChI is InChI=1S/C23H27ClN4O2S/c1-17(2)30-14-8-13-25-21(29)16-31-23-27-26-22(19-11-6-7-12-20(19)24)28(23)15-18-9-4-3-5-10-18/h3-7,9-12,17H,8,13-16H2,1-2H3,(H,25,29). The van der Waals surface area contributed by atoms with Crippen molar-refractivity contribution in [2.24, 2.45) is 0 Å². The molecule has 0 saturated carbocycles. The number of hydrogen-bond acceptors (Lipinski definition) is 5. The van der Waals surface area contributed by atoms with Crippen LogP contribution in [0.5, 0.6) is 0 Å². The molecule has 0 bridgehead atoms. The summed E-state index contributed by atoms with van der Waals surface area (Å²) < 4.78 is 7.50. The highest BCUT2D eigenvalue weighted by Gasteiger charge is 2.17. The Morgan fingerprint density at radius 2 is 1.87 bits per heavy atom. The number of carbonyl (C=O) groups excluding carboxylic acids is 1. The fourth-order valence-corrected chi connectivity index (χ4v) is 3.93. The summed E-state index contributed by atoms with van der Waals surface area (Å²) in [6, 6.07) is 17.7. The minimum Gasteiger partial charge on any atom is -0.379 e. The van der Waals surface area contributed by atoms with Gasteiger partial charge in [-0.1, -0.05) is 65.8 Å². The lowest BCUT2D eigenvalue weighted by Crippen LogP contribution is -2.27. The molecule has 1 amide bonds. The molecule has 0 spiro atoms. The average Bonchev–Trinajstić information content (AvgIpc) is 3.15.